The van der Waals surface area contributed by atoms with Gasteiger partial charge in [0.1, 0.15) is 16.2 Å². The predicted octanol–water partition coefficient (Wildman–Crippen LogP) is 5.32. The van der Waals surface area contributed by atoms with Crippen molar-refractivity contribution in [2.24, 2.45) is 0 Å². The quantitative estimate of drug-likeness (QED) is 0.428. The van der Waals surface area contributed by atoms with Crippen LogP contribution in [0.15, 0.2) is 40.5 Å². The molecule has 1 amide bonds. The van der Waals surface area contributed by atoms with Gasteiger partial charge in [0, 0.05) is 27.0 Å². The SMILES string of the molecule is Cc1sc2ncnc(SCC(=O)N3CCC(C)Sc4ccccc43)c2c1C. The van der Waals surface area contributed by atoms with E-state index in [-0.39, 0.29) is 5.91 Å². The molecule has 7 heteroatoms. The van der Waals surface area contributed by atoms with Crippen LogP contribution in [0.2, 0.25) is 0 Å². The van der Waals surface area contributed by atoms with E-state index in [0.717, 1.165) is 33.9 Å². The van der Waals surface area contributed by atoms with Crippen LogP contribution in [0.1, 0.15) is 23.8 Å². The van der Waals surface area contributed by atoms with Crippen LogP contribution in [0.25, 0.3) is 10.2 Å². The zero-order chi connectivity index (χ0) is 19.0. The van der Waals surface area contributed by atoms with Crippen LogP contribution < -0.4 is 4.90 Å². The molecule has 1 aliphatic heterocycles. The average Bonchev–Trinajstić information content (AvgIpc) is 2.85. The molecule has 3 aromatic rings. The number of fused-ring (bicyclic) bond motifs is 2. The highest BCUT2D eigenvalue weighted by atomic mass is 32.2. The lowest BCUT2D eigenvalue weighted by molar-refractivity contribution is -0.116. The molecule has 1 aliphatic rings. The Labute approximate surface area is 171 Å². The number of carbonyl (C=O) groups is 1. The highest BCUT2D eigenvalue weighted by Crippen LogP contribution is 2.38. The third-order valence-electron chi connectivity index (χ3n) is 4.81. The fourth-order valence-electron chi connectivity index (χ4n) is 3.21. The van der Waals surface area contributed by atoms with Crippen molar-refractivity contribution in [3.8, 4) is 0 Å². The highest BCUT2D eigenvalue weighted by Gasteiger charge is 2.24. The van der Waals surface area contributed by atoms with Crippen LogP contribution >= 0.6 is 34.9 Å². The second-order valence-electron chi connectivity index (χ2n) is 6.66. The first-order chi connectivity index (χ1) is 13.0. The van der Waals surface area contributed by atoms with Gasteiger partial charge in [0.2, 0.25) is 5.91 Å². The molecule has 2 aromatic heterocycles. The van der Waals surface area contributed by atoms with E-state index >= 15 is 0 Å². The van der Waals surface area contributed by atoms with E-state index in [0.29, 0.717) is 11.0 Å². The van der Waals surface area contributed by atoms with E-state index in [1.54, 1.807) is 17.7 Å². The fourth-order valence-corrected chi connectivity index (χ4v) is 6.32. The maximum atomic E-state index is 13.1. The van der Waals surface area contributed by atoms with Gasteiger partial charge in [-0.05, 0) is 38.0 Å². The minimum absolute atomic E-state index is 0.138. The molecule has 0 saturated carbocycles. The molecular weight excluding hydrogens is 394 g/mol. The number of anilines is 1. The minimum Gasteiger partial charge on any atom is -0.311 e. The predicted molar refractivity (Wildman–Crippen MR) is 116 cm³/mol. The van der Waals surface area contributed by atoms with Gasteiger partial charge in [0.25, 0.3) is 0 Å². The van der Waals surface area contributed by atoms with Crippen molar-refractivity contribution in [2.75, 3.05) is 17.2 Å². The smallest absolute Gasteiger partial charge is 0.237 e. The summed E-state index contributed by atoms with van der Waals surface area (Å²) in [5.41, 5.74) is 2.25. The number of aromatic nitrogens is 2. The molecule has 0 spiro atoms. The topological polar surface area (TPSA) is 46.1 Å². The zero-order valence-electron chi connectivity index (χ0n) is 15.6. The van der Waals surface area contributed by atoms with E-state index in [2.05, 4.69) is 42.9 Å². The Hall–Kier alpha value is -1.57. The molecule has 3 heterocycles. The summed E-state index contributed by atoms with van der Waals surface area (Å²) in [6.07, 6.45) is 2.60. The normalized spacial score (nSPS) is 17.0. The Morgan fingerprint density at radius 1 is 1.30 bits per heavy atom. The first-order valence-electron chi connectivity index (χ1n) is 8.94. The van der Waals surface area contributed by atoms with Crippen molar-refractivity contribution >= 4 is 56.7 Å². The van der Waals surface area contributed by atoms with E-state index in [9.17, 15) is 4.79 Å². The molecule has 0 fully saturated rings. The maximum absolute atomic E-state index is 13.1. The number of thioether (sulfide) groups is 2. The zero-order valence-corrected chi connectivity index (χ0v) is 18.0. The number of hydrogen-bond donors (Lipinski definition) is 0. The first-order valence-corrected chi connectivity index (χ1v) is 11.6. The van der Waals surface area contributed by atoms with Crippen molar-refractivity contribution in [3.05, 3.63) is 41.0 Å². The van der Waals surface area contributed by atoms with E-state index in [1.165, 1.54) is 27.1 Å². The Balaban J connectivity index is 1.57. The van der Waals surface area contributed by atoms with E-state index in [1.807, 2.05) is 28.8 Å². The van der Waals surface area contributed by atoms with Gasteiger partial charge < -0.3 is 4.90 Å². The second kappa shape index (κ2) is 7.81. The number of thiophene rings is 1. The molecule has 0 aliphatic carbocycles. The first kappa shape index (κ1) is 18.8. The molecule has 0 radical (unpaired) electrons. The second-order valence-corrected chi connectivity index (χ2v) is 10.3. The van der Waals surface area contributed by atoms with Crippen LogP contribution in [-0.4, -0.2) is 33.4 Å². The van der Waals surface area contributed by atoms with Crippen molar-refractivity contribution < 1.29 is 4.79 Å². The van der Waals surface area contributed by atoms with Crippen molar-refractivity contribution in [1.82, 2.24) is 9.97 Å². The molecule has 1 unspecified atom stereocenters. The third-order valence-corrected chi connectivity index (χ3v) is 8.13. The molecule has 27 heavy (non-hydrogen) atoms. The van der Waals surface area contributed by atoms with Gasteiger partial charge in [-0.3, -0.25) is 4.79 Å². The van der Waals surface area contributed by atoms with Gasteiger partial charge in [0.15, 0.2) is 0 Å². The molecule has 1 aromatic carbocycles. The Morgan fingerprint density at radius 2 is 2.11 bits per heavy atom. The summed E-state index contributed by atoms with van der Waals surface area (Å²) in [6.45, 7) is 7.20. The highest BCUT2D eigenvalue weighted by molar-refractivity contribution is 8.00. The van der Waals surface area contributed by atoms with Gasteiger partial charge in [-0.2, -0.15) is 0 Å². The molecule has 0 N–H and O–H groups in total. The number of rotatable bonds is 3. The van der Waals surface area contributed by atoms with Crippen molar-refractivity contribution in [3.63, 3.8) is 0 Å². The van der Waals surface area contributed by atoms with Crippen LogP contribution in [0.4, 0.5) is 5.69 Å². The summed E-state index contributed by atoms with van der Waals surface area (Å²) >= 11 is 5.06. The third kappa shape index (κ3) is 3.73. The summed E-state index contributed by atoms with van der Waals surface area (Å²) in [6, 6.07) is 8.22. The van der Waals surface area contributed by atoms with Crippen LogP contribution in [0.3, 0.4) is 0 Å². The summed E-state index contributed by atoms with van der Waals surface area (Å²) in [7, 11) is 0. The van der Waals surface area contributed by atoms with Crippen LogP contribution in [0, 0.1) is 13.8 Å². The average molecular weight is 416 g/mol. The Bertz CT molecular complexity index is 1000. The monoisotopic (exact) mass is 415 g/mol. The lowest BCUT2D eigenvalue weighted by Gasteiger charge is -2.22. The molecule has 0 bridgehead atoms. The minimum atomic E-state index is 0.138. The Morgan fingerprint density at radius 3 is 2.96 bits per heavy atom. The molecule has 0 saturated heterocycles. The number of hydrogen-bond acceptors (Lipinski definition) is 6. The lowest BCUT2D eigenvalue weighted by Crippen LogP contribution is -2.33. The summed E-state index contributed by atoms with van der Waals surface area (Å²) < 4.78 is 0. The van der Waals surface area contributed by atoms with Gasteiger partial charge in [-0.1, -0.05) is 30.8 Å². The summed E-state index contributed by atoms with van der Waals surface area (Å²) in [5.74, 6) is 0.520. The fraction of sp³-hybridized carbons (Fsp3) is 0.350. The Kier molecular flexibility index (Phi) is 5.43. The van der Waals surface area contributed by atoms with Gasteiger partial charge >= 0.3 is 0 Å². The van der Waals surface area contributed by atoms with Crippen LogP contribution in [-0.2, 0) is 4.79 Å². The molecule has 1 atom stereocenters. The number of carbonyl (C=O) groups excluding carboxylic acids is 1. The summed E-state index contributed by atoms with van der Waals surface area (Å²) in [5, 5.41) is 2.51. The molecule has 4 nitrogen and oxygen atoms in total. The van der Waals surface area contributed by atoms with E-state index < -0.39 is 0 Å². The maximum Gasteiger partial charge on any atom is 0.237 e. The van der Waals surface area contributed by atoms with Gasteiger partial charge in [0.05, 0.1) is 11.4 Å². The molecular formula is C20H21N3OS3. The van der Waals surface area contributed by atoms with E-state index in [4.69, 9.17) is 0 Å². The van der Waals surface area contributed by atoms with Crippen molar-refractivity contribution in [2.45, 2.75) is 42.4 Å². The largest absolute Gasteiger partial charge is 0.311 e. The number of aryl methyl sites for hydroxylation is 2. The summed E-state index contributed by atoms with van der Waals surface area (Å²) in [4.78, 5) is 27.3. The van der Waals surface area contributed by atoms with Gasteiger partial charge in [-0.15, -0.1) is 23.1 Å². The number of amides is 1. The standard InChI is InChI=1S/C20H21N3OS3/c1-12-8-9-23(15-6-4-5-7-16(15)26-12)17(24)10-25-19-18-13(2)14(3)27-20(18)22-11-21-19/h4-7,11-12H,8-10H2,1-3H3. The lowest BCUT2D eigenvalue weighted by atomic mass is 10.2. The number of para-hydroxylation sites is 1. The van der Waals surface area contributed by atoms with Crippen LogP contribution in [0.5, 0.6) is 0 Å². The molecule has 140 valence electrons. The number of nitrogens with zero attached hydrogens (tertiary/aromatic N) is 3. The molecule has 4 rings (SSSR count). The van der Waals surface area contributed by atoms with Gasteiger partial charge in [-0.25, -0.2) is 9.97 Å². The number of benzene rings is 1. The van der Waals surface area contributed by atoms with Crippen molar-refractivity contribution in [1.29, 1.82) is 0 Å².